The van der Waals surface area contributed by atoms with Gasteiger partial charge in [0.1, 0.15) is 5.69 Å². The van der Waals surface area contributed by atoms with E-state index in [1.54, 1.807) is 11.0 Å². The third-order valence-corrected chi connectivity index (χ3v) is 2.63. The fourth-order valence-electron chi connectivity index (χ4n) is 1.71. The first-order valence-electron chi connectivity index (χ1n) is 5.78. The zero-order valence-corrected chi connectivity index (χ0v) is 10.1. The van der Waals surface area contributed by atoms with E-state index in [2.05, 4.69) is 0 Å². The second-order valence-corrected chi connectivity index (χ2v) is 3.83. The monoisotopic (exact) mass is 238 g/mol. The van der Waals surface area contributed by atoms with E-state index in [4.69, 9.17) is 5.26 Å². The van der Waals surface area contributed by atoms with E-state index >= 15 is 0 Å². The topological polar surface area (TPSA) is 27.0 Å². The van der Waals surface area contributed by atoms with Crippen molar-refractivity contribution in [3.05, 3.63) is 29.3 Å². The summed E-state index contributed by atoms with van der Waals surface area (Å²) in [5, 5.41) is 8.62. The third kappa shape index (κ3) is 3.16. The molecule has 0 atom stereocenters. The van der Waals surface area contributed by atoms with Crippen molar-refractivity contribution in [2.45, 2.75) is 26.7 Å². The highest BCUT2D eigenvalue weighted by Crippen LogP contribution is 2.25. The molecule has 0 amide bonds. The van der Waals surface area contributed by atoms with Gasteiger partial charge < -0.3 is 4.90 Å². The number of nitriles is 1. The summed E-state index contributed by atoms with van der Waals surface area (Å²) in [5.41, 5.74) is -0.0183. The summed E-state index contributed by atoms with van der Waals surface area (Å²) in [4.78, 5) is 1.66. The van der Waals surface area contributed by atoms with Crippen LogP contribution in [0.25, 0.3) is 0 Å². The molecule has 0 aliphatic heterocycles. The Morgan fingerprint density at radius 1 is 1.24 bits per heavy atom. The average molecular weight is 238 g/mol. The van der Waals surface area contributed by atoms with Crippen LogP contribution in [0, 0.1) is 23.0 Å². The maximum Gasteiger partial charge on any atom is 0.150 e. The first kappa shape index (κ1) is 13.4. The minimum atomic E-state index is -0.667. The molecule has 0 aromatic heterocycles. The minimum Gasteiger partial charge on any atom is -0.367 e. The molecule has 4 heteroatoms. The molecule has 0 unspecified atom stereocenters. The van der Waals surface area contributed by atoms with Crippen molar-refractivity contribution in [3.8, 4) is 6.07 Å². The van der Waals surface area contributed by atoms with Crippen molar-refractivity contribution in [1.29, 1.82) is 5.26 Å². The molecule has 17 heavy (non-hydrogen) atoms. The standard InChI is InChI=1S/C13H16F2N2/c1-3-5-6-17(4-2)13-11(14)7-10(9-16)8-12(13)15/h7-8H,3-6H2,1-2H3. The Balaban J connectivity index is 3.07. The van der Waals surface area contributed by atoms with E-state index < -0.39 is 11.6 Å². The molecule has 0 saturated carbocycles. The third-order valence-electron chi connectivity index (χ3n) is 2.63. The van der Waals surface area contributed by atoms with Gasteiger partial charge in [-0.1, -0.05) is 13.3 Å². The number of hydrogen-bond acceptors (Lipinski definition) is 2. The summed E-state index contributed by atoms with van der Waals surface area (Å²) in [7, 11) is 0. The van der Waals surface area contributed by atoms with Crippen LogP contribution in [0.1, 0.15) is 32.3 Å². The number of benzene rings is 1. The van der Waals surface area contributed by atoms with Gasteiger partial charge in [0.2, 0.25) is 0 Å². The van der Waals surface area contributed by atoms with Gasteiger partial charge in [-0.05, 0) is 25.5 Å². The van der Waals surface area contributed by atoms with Crippen LogP contribution in [0.3, 0.4) is 0 Å². The molecular formula is C13H16F2N2. The lowest BCUT2D eigenvalue weighted by Crippen LogP contribution is -2.26. The van der Waals surface area contributed by atoms with Crippen LogP contribution in [0.15, 0.2) is 12.1 Å². The van der Waals surface area contributed by atoms with Gasteiger partial charge in [-0.15, -0.1) is 0 Å². The zero-order chi connectivity index (χ0) is 12.8. The zero-order valence-electron chi connectivity index (χ0n) is 10.1. The summed E-state index contributed by atoms with van der Waals surface area (Å²) in [6.45, 7) is 5.04. The van der Waals surface area contributed by atoms with Crippen LogP contribution < -0.4 is 4.90 Å². The SMILES string of the molecule is CCCCN(CC)c1c(F)cc(C#N)cc1F. The van der Waals surface area contributed by atoms with Gasteiger partial charge in [0.25, 0.3) is 0 Å². The smallest absolute Gasteiger partial charge is 0.150 e. The molecule has 92 valence electrons. The lowest BCUT2D eigenvalue weighted by molar-refractivity contribution is 0.567. The summed E-state index contributed by atoms with van der Waals surface area (Å²) in [5.74, 6) is -1.33. The maximum atomic E-state index is 13.7. The molecule has 0 fully saturated rings. The van der Waals surface area contributed by atoms with Gasteiger partial charge >= 0.3 is 0 Å². The van der Waals surface area contributed by atoms with E-state index in [0.717, 1.165) is 25.0 Å². The van der Waals surface area contributed by atoms with E-state index in [1.165, 1.54) is 0 Å². The number of rotatable bonds is 5. The Labute approximate surface area is 100 Å². The predicted octanol–water partition coefficient (Wildman–Crippen LogP) is 3.46. The normalized spacial score (nSPS) is 10.1. The Morgan fingerprint density at radius 3 is 2.24 bits per heavy atom. The maximum absolute atomic E-state index is 13.7. The van der Waals surface area contributed by atoms with Gasteiger partial charge in [-0.2, -0.15) is 5.26 Å². The van der Waals surface area contributed by atoms with Crippen LogP contribution >= 0.6 is 0 Å². The Bertz CT molecular complexity index is 401. The minimum absolute atomic E-state index is 0.00953. The Kier molecular flexibility index (Phi) is 4.89. The number of nitrogens with zero attached hydrogens (tertiary/aromatic N) is 2. The van der Waals surface area contributed by atoms with E-state index in [0.29, 0.717) is 13.1 Å². The quantitative estimate of drug-likeness (QED) is 0.785. The molecule has 0 aliphatic carbocycles. The molecule has 0 saturated heterocycles. The molecule has 0 heterocycles. The van der Waals surface area contributed by atoms with E-state index in [1.807, 2.05) is 13.8 Å². The highest BCUT2D eigenvalue weighted by Gasteiger charge is 2.16. The van der Waals surface area contributed by atoms with E-state index in [-0.39, 0.29) is 11.3 Å². The number of unbranched alkanes of at least 4 members (excludes halogenated alkanes) is 1. The van der Waals surface area contributed by atoms with Gasteiger partial charge in [0, 0.05) is 13.1 Å². The second-order valence-electron chi connectivity index (χ2n) is 3.83. The van der Waals surface area contributed by atoms with Crippen LogP contribution in [-0.2, 0) is 0 Å². The molecule has 0 N–H and O–H groups in total. The molecule has 0 spiro atoms. The van der Waals surface area contributed by atoms with Gasteiger partial charge in [0.05, 0.1) is 11.6 Å². The fraction of sp³-hybridized carbons (Fsp3) is 0.462. The number of anilines is 1. The molecule has 0 radical (unpaired) electrons. The Hall–Kier alpha value is -1.63. The van der Waals surface area contributed by atoms with Gasteiger partial charge in [-0.25, -0.2) is 8.78 Å². The van der Waals surface area contributed by atoms with Crippen molar-refractivity contribution in [1.82, 2.24) is 0 Å². The van der Waals surface area contributed by atoms with Gasteiger partial charge in [0.15, 0.2) is 11.6 Å². The predicted molar refractivity (Wildman–Crippen MR) is 63.9 cm³/mol. The first-order valence-corrected chi connectivity index (χ1v) is 5.78. The molecule has 0 bridgehead atoms. The molecular weight excluding hydrogens is 222 g/mol. The van der Waals surface area contributed by atoms with Crippen molar-refractivity contribution in [2.24, 2.45) is 0 Å². The van der Waals surface area contributed by atoms with E-state index in [9.17, 15) is 8.78 Å². The lowest BCUT2D eigenvalue weighted by atomic mass is 10.1. The summed E-state index contributed by atoms with van der Waals surface area (Å²) in [6.07, 6.45) is 1.85. The highest BCUT2D eigenvalue weighted by molar-refractivity contribution is 5.52. The number of hydrogen-bond donors (Lipinski definition) is 0. The van der Waals surface area contributed by atoms with Gasteiger partial charge in [-0.3, -0.25) is 0 Å². The summed E-state index contributed by atoms with van der Waals surface area (Å²) < 4.78 is 27.5. The van der Waals surface area contributed by atoms with Crippen LogP contribution in [0.4, 0.5) is 14.5 Å². The van der Waals surface area contributed by atoms with Crippen LogP contribution in [0.2, 0.25) is 0 Å². The Morgan fingerprint density at radius 2 is 1.82 bits per heavy atom. The second kappa shape index (κ2) is 6.19. The van der Waals surface area contributed by atoms with Crippen LogP contribution in [-0.4, -0.2) is 13.1 Å². The van der Waals surface area contributed by atoms with Crippen molar-refractivity contribution >= 4 is 5.69 Å². The molecule has 1 aromatic rings. The molecule has 2 nitrogen and oxygen atoms in total. The summed E-state index contributed by atoms with van der Waals surface area (Å²) >= 11 is 0. The van der Waals surface area contributed by atoms with Crippen molar-refractivity contribution < 1.29 is 8.78 Å². The fourth-order valence-corrected chi connectivity index (χ4v) is 1.71. The summed E-state index contributed by atoms with van der Waals surface area (Å²) in [6, 6.07) is 3.89. The average Bonchev–Trinajstić information content (AvgIpc) is 2.32. The van der Waals surface area contributed by atoms with Crippen LogP contribution in [0.5, 0.6) is 0 Å². The number of halogens is 2. The van der Waals surface area contributed by atoms with Crippen molar-refractivity contribution in [2.75, 3.05) is 18.0 Å². The molecule has 1 rings (SSSR count). The molecule has 0 aliphatic rings. The molecule has 1 aromatic carbocycles. The first-order chi connectivity index (χ1) is 8.13. The highest BCUT2D eigenvalue weighted by atomic mass is 19.1. The largest absolute Gasteiger partial charge is 0.367 e. The lowest BCUT2D eigenvalue weighted by Gasteiger charge is -2.24. The van der Waals surface area contributed by atoms with Crippen molar-refractivity contribution in [3.63, 3.8) is 0 Å².